The molecule has 0 spiro atoms. The number of fused-ring (bicyclic) bond motifs is 8. The molecule has 0 saturated carbocycles. The Hall–Kier alpha value is -2.46. The smallest absolute Gasteiger partial charge is 0.244 e. The van der Waals surface area contributed by atoms with Gasteiger partial charge in [-0.05, 0) is 19.1 Å². The molecule has 3 aliphatic heterocycles. The molecular weight excluding hydrogens is 300 g/mol. The number of amides is 2. The maximum Gasteiger partial charge on any atom is 0.244 e. The molecule has 4 heteroatoms. The summed E-state index contributed by atoms with van der Waals surface area (Å²) >= 11 is 0. The van der Waals surface area contributed by atoms with Crippen LogP contribution in [0, 0.1) is 18.8 Å². The minimum Gasteiger partial charge on any atom is -0.324 e. The van der Waals surface area contributed by atoms with Gasteiger partial charge >= 0.3 is 0 Å². The van der Waals surface area contributed by atoms with Gasteiger partial charge in [0, 0.05) is 11.1 Å². The summed E-state index contributed by atoms with van der Waals surface area (Å²) in [7, 11) is 2.12. The molecule has 2 saturated heterocycles. The van der Waals surface area contributed by atoms with E-state index in [1.807, 2.05) is 43.3 Å². The lowest BCUT2D eigenvalue weighted by molar-refractivity contribution is -0.923. The van der Waals surface area contributed by atoms with Crippen LogP contribution in [0.1, 0.15) is 28.8 Å². The van der Waals surface area contributed by atoms with Crippen LogP contribution in [0.4, 0.5) is 5.69 Å². The normalized spacial score (nSPS) is 33.1. The van der Waals surface area contributed by atoms with Gasteiger partial charge in [-0.15, -0.1) is 0 Å². The number of benzene rings is 2. The number of nitrogens with one attached hydrogen (secondary N) is 1. The zero-order valence-corrected chi connectivity index (χ0v) is 13.7. The number of imide groups is 1. The third-order valence-corrected chi connectivity index (χ3v) is 6.06. The molecule has 2 amide bonds. The number of anilines is 1. The van der Waals surface area contributed by atoms with Crippen molar-refractivity contribution in [1.29, 1.82) is 0 Å². The first-order valence-corrected chi connectivity index (χ1v) is 8.46. The molecule has 1 N–H and O–H groups in total. The summed E-state index contributed by atoms with van der Waals surface area (Å²) in [5.41, 5.74) is 4.31. The Morgan fingerprint density at radius 1 is 0.833 bits per heavy atom. The highest BCUT2D eigenvalue weighted by Crippen LogP contribution is 2.52. The number of hydrogen-bond donors (Lipinski definition) is 1. The predicted octanol–water partition coefficient (Wildman–Crippen LogP) is 1.42. The summed E-state index contributed by atoms with van der Waals surface area (Å²) < 4.78 is 0. The lowest BCUT2D eigenvalue weighted by atomic mass is 9.77. The number of carbonyl (C=O) groups excluding carboxylic acids is 2. The third kappa shape index (κ3) is 1.52. The van der Waals surface area contributed by atoms with E-state index in [2.05, 4.69) is 19.2 Å². The van der Waals surface area contributed by atoms with Crippen LogP contribution >= 0.6 is 0 Å². The van der Waals surface area contributed by atoms with Crippen molar-refractivity contribution in [3.63, 3.8) is 0 Å². The zero-order chi connectivity index (χ0) is 16.6. The molecule has 4 nitrogen and oxygen atoms in total. The average molecular weight is 319 g/mol. The zero-order valence-electron chi connectivity index (χ0n) is 13.7. The number of aryl methyl sites for hydroxylation is 1. The fourth-order valence-corrected chi connectivity index (χ4v) is 5.08. The van der Waals surface area contributed by atoms with Crippen molar-refractivity contribution in [1.82, 2.24) is 0 Å². The monoisotopic (exact) mass is 319 g/mol. The molecule has 2 bridgehead atoms. The number of nitrogens with zero attached hydrogens (tertiary/aromatic N) is 1. The first kappa shape index (κ1) is 13.9. The SMILES string of the molecule is Cc1ccc(N2C(=O)[C@@H]3[C@H](C2=O)[C@H]2c4ccccc4[C@@H]3[NH+]2C)cc1. The van der Waals surface area contributed by atoms with Crippen molar-refractivity contribution in [2.24, 2.45) is 11.8 Å². The van der Waals surface area contributed by atoms with Gasteiger partial charge in [0.15, 0.2) is 0 Å². The van der Waals surface area contributed by atoms with Crippen molar-refractivity contribution < 1.29 is 14.5 Å². The van der Waals surface area contributed by atoms with Gasteiger partial charge in [0.1, 0.15) is 23.9 Å². The van der Waals surface area contributed by atoms with Crippen LogP contribution in [0.5, 0.6) is 0 Å². The second-order valence-electron chi connectivity index (χ2n) is 7.23. The van der Waals surface area contributed by atoms with E-state index in [0.717, 1.165) is 5.56 Å². The first-order chi connectivity index (χ1) is 11.6. The maximum absolute atomic E-state index is 13.1. The van der Waals surface area contributed by atoms with Crippen LogP contribution in [-0.2, 0) is 9.59 Å². The predicted molar refractivity (Wildman–Crippen MR) is 89.5 cm³/mol. The van der Waals surface area contributed by atoms with Gasteiger partial charge in [-0.3, -0.25) is 9.59 Å². The lowest BCUT2D eigenvalue weighted by Gasteiger charge is -2.21. The minimum atomic E-state index is -0.223. The molecule has 1 unspecified atom stereocenters. The fourth-order valence-electron chi connectivity index (χ4n) is 5.08. The number of quaternary nitrogens is 1. The molecule has 0 radical (unpaired) electrons. The van der Waals surface area contributed by atoms with E-state index in [0.29, 0.717) is 5.69 Å². The Labute approximate surface area is 140 Å². The van der Waals surface area contributed by atoms with Gasteiger partial charge < -0.3 is 4.90 Å². The number of rotatable bonds is 1. The molecule has 3 heterocycles. The van der Waals surface area contributed by atoms with Gasteiger partial charge in [0.25, 0.3) is 0 Å². The summed E-state index contributed by atoms with van der Waals surface area (Å²) in [6.45, 7) is 2.00. The Bertz CT molecular complexity index is 824. The van der Waals surface area contributed by atoms with Crippen LogP contribution in [0.2, 0.25) is 0 Å². The summed E-state index contributed by atoms with van der Waals surface area (Å²) in [4.78, 5) is 29.0. The number of carbonyl (C=O) groups is 2. The average Bonchev–Trinajstić information content (AvgIpc) is 3.14. The Morgan fingerprint density at radius 2 is 1.33 bits per heavy atom. The van der Waals surface area contributed by atoms with E-state index < -0.39 is 0 Å². The second-order valence-corrected chi connectivity index (χ2v) is 7.23. The van der Waals surface area contributed by atoms with Crippen molar-refractivity contribution in [2.75, 3.05) is 11.9 Å². The highest BCUT2D eigenvalue weighted by atomic mass is 16.2. The molecule has 2 fully saturated rings. The highest BCUT2D eigenvalue weighted by molar-refractivity contribution is 6.22. The first-order valence-electron chi connectivity index (χ1n) is 8.46. The van der Waals surface area contributed by atoms with Crippen LogP contribution < -0.4 is 9.80 Å². The molecular formula is C20H19N2O2+. The molecule has 3 aliphatic rings. The second kappa shape index (κ2) is 4.54. The largest absolute Gasteiger partial charge is 0.324 e. The van der Waals surface area contributed by atoms with Gasteiger partial charge in [-0.25, -0.2) is 4.90 Å². The van der Waals surface area contributed by atoms with Crippen molar-refractivity contribution in [3.05, 3.63) is 65.2 Å². The summed E-state index contributed by atoms with van der Waals surface area (Å²) in [5.74, 6) is -0.511. The highest BCUT2D eigenvalue weighted by Gasteiger charge is 2.69. The number of hydrogen-bond acceptors (Lipinski definition) is 2. The van der Waals surface area contributed by atoms with Gasteiger partial charge in [-0.2, -0.15) is 0 Å². The van der Waals surface area contributed by atoms with E-state index >= 15 is 0 Å². The Kier molecular flexibility index (Phi) is 2.64. The van der Waals surface area contributed by atoms with Crippen molar-refractivity contribution in [3.8, 4) is 0 Å². The van der Waals surface area contributed by atoms with Gasteiger partial charge in [0.05, 0.1) is 12.7 Å². The Morgan fingerprint density at radius 3 is 1.83 bits per heavy atom. The molecule has 5 atom stereocenters. The summed E-state index contributed by atoms with van der Waals surface area (Å²) in [6, 6.07) is 16.1. The lowest BCUT2D eigenvalue weighted by Crippen LogP contribution is -3.06. The molecule has 0 aromatic heterocycles. The molecule has 5 rings (SSSR count). The molecule has 2 aromatic rings. The molecule has 24 heavy (non-hydrogen) atoms. The molecule has 120 valence electrons. The van der Waals surface area contributed by atoms with E-state index in [-0.39, 0.29) is 35.7 Å². The van der Waals surface area contributed by atoms with E-state index in [1.54, 1.807) is 0 Å². The standard InChI is InChI=1S/C20H18N2O2/c1-11-7-9-12(10-8-11)22-19(23)15-16(20(22)24)18-14-6-4-3-5-13(14)17(15)21(18)2/h3-10,15-18H,1-2H3/p+1/t15-,16+,17+,18-. The van der Waals surface area contributed by atoms with Crippen LogP contribution in [-0.4, -0.2) is 18.9 Å². The molecule has 2 aromatic carbocycles. The third-order valence-electron chi connectivity index (χ3n) is 6.06. The quantitative estimate of drug-likeness (QED) is 0.808. The van der Waals surface area contributed by atoms with Crippen molar-refractivity contribution >= 4 is 17.5 Å². The van der Waals surface area contributed by atoms with Gasteiger partial charge in [-0.1, -0.05) is 42.0 Å². The van der Waals surface area contributed by atoms with Crippen LogP contribution in [0.15, 0.2) is 48.5 Å². The van der Waals surface area contributed by atoms with Crippen LogP contribution in [0.25, 0.3) is 0 Å². The van der Waals surface area contributed by atoms with E-state index in [9.17, 15) is 9.59 Å². The topological polar surface area (TPSA) is 41.8 Å². The fraction of sp³-hybridized carbons (Fsp3) is 0.300. The molecule has 0 aliphatic carbocycles. The minimum absolute atomic E-state index is 0.0322. The van der Waals surface area contributed by atoms with Crippen molar-refractivity contribution in [2.45, 2.75) is 19.0 Å². The maximum atomic E-state index is 13.1. The van der Waals surface area contributed by atoms with E-state index in [4.69, 9.17) is 0 Å². The summed E-state index contributed by atoms with van der Waals surface area (Å²) in [6.07, 6.45) is 0. The Balaban J connectivity index is 1.61. The van der Waals surface area contributed by atoms with Crippen LogP contribution in [0.3, 0.4) is 0 Å². The van der Waals surface area contributed by atoms with Gasteiger partial charge in [0.2, 0.25) is 11.8 Å². The summed E-state index contributed by atoms with van der Waals surface area (Å²) in [5, 5.41) is 0. The van der Waals surface area contributed by atoms with E-state index in [1.165, 1.54) is 20.9 Å².